The number of unbranched alkanes of at least 4 members (excludes halogenated alkanes) is 1. The van der Waals surface area contributed by atoms with Crippen molar-refractivity contribution in [1.82, 2.24) is 5.32 Å². The summed E-state index contributed by atoms with van der Waals surface area (Å²) >= 11 is 0. The number of carbonyl (C=O) groups excluding carboxylic acids is 1. The number of β-amino-alcohol motifs (C(OH)–C–C–N with tert-alkyl or cyclic N) is 1. The lowest BCUT2D eigenvalue weighted by molar-refractivity contribution is -0.143. The number of aryl methyl sites for hydroxylation is 1. The topological polar surface area (TPSA) is 67.8 Å². The minimum Gasteiger partial charge on any atom is -0.466 e. The van der Waals surface area contributed by atoms with Gasteiger partial charge in [0.25, 0.3) is 0 Å². The lowest BCUT2D eigenvalue weighted by atomic mass is 9.88. The van der Waals surface area contributed by atoms with E-state index in [-0.39, 0.29) is 24.2 Å². The molecule has 0 aromatic heterocycles. The standard InChI is InChI=1S/C32H47NO4/c1-6-36-31(35)17-10-9-15-29-23(2)12-11-16-30(29)24(3)37-22-28(34)21-33-32(4,5)20-25-18-26-13-7-8-14-27(26)19-25/h7-8,11-14,16,24-25,28,33-34H,6,9-10,15,17-22H2,1-5H3/t24-,28-/m1/s1. The van der Waals surface area contributed by atoms with Crippen LogP contribution in [0.15, 0.2) is 42.5 Å². The highest BCUT2D eigenvalue weighted by Gasteiger charge is 2.28. The number of hydrogen-bond donors (Lipinski definition) is 2. The summed E-state index contributed by atoms with van der Waals surface area (Å²) in [5.41, 5.74) is 6.61. The number of benzene rings is 2. The molecular formula is C32H47NO4. The molecule has 2 atom stereocenters. The largest absolute Gasteiger partial charge is 0.466 e. The quantitative estimate of drug-likeness (QED) is 0.232. The molecule has 1 aliphatic carbocycles. The summed E-state index contributed by atoms with van der Waals surface area (Å²) in [6.07, 6.45) is 5.79. The number of rotatable bonds is 15. The van der Waals surface area contributed by atoms with E-state index in [4.69, 9.17) is 9.47 Å². The predicted molar refractivity (Wildman–Crippen MR) is 150 cm³/mol. The molecule has 0 spiro atoms. The van der Waals surface area contributed by atoms with Crippen LogP contribution in [0.25, 0.3) is 0 Å². The van der Waals surface area contributed by atoms with Crippen molar-refractivity contribution in [3.63, 3.8) is 0 Å². The van der Waals surface area contributed by atoms with Crippen LogP contribution in [-0.4, -0.2) is 42.5 Å². The fraction of sp³-hybridized carbons (Fsp3) is 0.594. The van der Waals surface area contributed by atoms with Crippen molar-refractivity contribution in [3.8, 4) is 0 Å². The molecule has 0 radical (unpaired) electrons. The summed E-state index contributed by atoms with van der Waals surface area (Å²) in [5.74, 6) is 0.522. The Kier molecular flexibility index (Phi) is 11.2. The van der Waals surface area contributed by atoms with Crippen LogP contribution in [0, 0.1) is 12.8 Å². The normalized spacial score (nSPS) is 15.4. The Morgan fingerprint density at radius 3 is 2.49 bits per heavy atom. The maximum absolute atomic E-state index is 11.6. The molecule has 2 N–H and O–H groups in total. The number of nitrogens with one attached hydrogen (secondary N) is 1. The number of fused-ring (bicyclic) bond motifs is 1. The van der Waals surface area contributed by atoms with E-state index in [0.29, 0.717) is 25.5 Å². The van der Waals surface area contributed by atoms with Crippen molar-refractivity contribution in [2.45, 2.75) is 97.3 Å². The van der Waals surface area contributed by atoms with E-state index < -0.39 is 6.10 Å². The molecule has 0 amide bonds. The number of aliphatic hydroxyl groups excluding tert-OH is 1. The van der Waals surface area contributed by atoms with Crippen LogP contribution in [0.1, 0.15) is 87.3 Å². The number of carbonyl (C=O) groups is 1. The molecule has 5 heteroatoms. The van der Waals surface area contributed by atoms with Crippen LogP contribution in [0.3, 0.4) is 0 Å². The zero-order valence-electron chi connectivity index (χ0n) is 23.5. The van der Waals surface area contributed by atoms with Crippen molar-refractivity contribution in [3.05, 3.63) is 70.3 Å². The second-order valence-electron chi connectivity index (χ2n) is 11.3. The second kappa shape index (κ2) is 14.1. The summed E-state index contributed by atoms with van der Waals surface area (Å²) in [5, 5.41) is 14.3. The second-order valence-corrected chi connectivity index (χ2v) is 11.3. The van der Waals surface area contributed by atoms with E-state index >= 15 is 0 Å². The summed E-state index contributed by atoms with van der Waals surface area (Å²) < 4.78 is 11.2. The molecule has 204 valence electrons. The van der Waals surface area contributed by atoms with Crippen LogP contribution >= 0.6 is 0 Å². The molecule has 2 aromatic rings. The third-order valence-electron chi connectivity index (χ3n) is 7.54. The molecule has 0 bridgehead atoms. The minimum atomic E-state index is -0.569. The monoisotopic (exact) mass is 509 g/mol. The molecular weight excluding hydrogens is 462 g/mol. The molecule has 3 rings (SSSR count). The number of aliphatic hydroxyl groups is 1. The number of esters is 1. The van der Waals surface area contributed by atoms with Crippen LogP contribution in [0.4, 0.5) is 0 Å². The van der Waals surface area contributed by atoms with Crippen molar-refractivity contribution in [2.24, 2.45) is 5.92 Å². The van der Waals surface area contributed by atoms with Gasteiger partial charge in [0.2, 0.25) is 0 Å². The number of hydrogen-bond acceptors (Lipinski definition) is 5. The van der Waals surface area contributed by atoms with Gasteiger partial charge >= 0.3 is 5.97 Å². The van der Waals surface area contributed by atoms with E-state index in [2.05, 4.69) is 75.5 Å². The molecule has 0 saturated carbocycles. The average molecular weight is 510 g/mol. The fourth-order valence-electron chi connectivity index (χ4n) is 5.64. The molecule has 1 aliphatic rings. The van der Waals surface area contributed by atoms with Gasteiger partial charge in [0.15, 0.2) is 0 Å². The van der Waals surface area contributed by atoms with Gasteiger partial charge in [-0.05, 0) is 107 Å². The van der Waals surface area contributed by atoms with Crippen molar-refractivity contribution < 1.29 is 19.4 Å². The molecule has 0 saturated heterocycles. The Morgan fingerprint density at radius 2 is 1.81 bits per heavy atom. The van der Waals surface area contributed by atoms with Gasteiger partial charge < -0.3 is 19.9 Å². The predicted octanol–water partition coefficient (Wildman–Crippen LogP) is 5.88. The SMILES string of the molecule is CCOC(=O)CCCCc1c(C)cccc1[C@@H](C)OC[C@H](O)CNC(C)(C)CC1Cc2ccccc2C1. The molecule has 0 heterocycles. The van der Waals surface area contributed by atoms with E-state index in [9.17, 15) is 9.90 Å². The average Bonchev–Trinajstić information content (AvgIpc) is 3.26. The molecule has 37 heavy (non-hydrogen) atoms. The van der Waals surface area contributed by atoms with Gasteiger partial charge in [-0.25, -0.2) is 0 Å². The van der Waals surface area contributed by atoms with Crippen LogP contribution in [-0.2, 0) is 33.5 Å². The van der Waals surface area contributed by atoms with E-state index in [0.717, 1.165) is 44.1 Å². The molecule has 0 aliphatic heterocycles. The molecule has 2 aromatic carbocycles. The first kappa shape index (κ1) is 29.3. The van der Waals surface area contributed by atoms with Crippen LogP contribution < -0.4 is 5.32 Å². The third-order valence-corrected chi connectivity index (χ3v) is 7.54. The Bertz CT molecular complexity index is 977. The minimum absolute atomic E-state index is 0.0490. The van der Waals surface area contributed by atoms with E-state index in [1.165, 1.54) is 22.3 Å². The van der Waals surface area contributed by atoms with E-state index in [1.54, 1.807) is 0 Å². The van der Waals surface area contributed by atoms with Crippen molar-refractivity contribution in [2.75, 3.05) is 19.8 Å². The fourth-order valence-corrected chi connectivity index (χ4v) is 5.64. The third kappa shape index (κ3) is 9.24. The van der Waals surface area contributed by atoms with Gasteiger partial charge in [0.1, 0.15) is 0 Å². The Morgan fingerprint density at radius 1 is 1.11 bits per heavy atom. The molecule has 5 nitrogen and oxygen atoms in total. The zero-order valence-corrected chi connectivity index (χ0v) is 23.5. The molecule has 0 fully saturated rings. The first-order valence-electron chi connectivity index (χ1n) is 14.0. The first-order valence-corrected chi connectivity index (χ1v) is 14.0. The summed E-state index contributed by atoms with van der Waals surface area (Å²) in [6.45, 7) is 11.7. The van der Waals surface area contributed by atoms with Crippen LogP contribution in [0.2, 0.25) is 0 Å². The summed E-state index contributed by atoms with van der Waals surface area (Å²) in [6, 6.07) is 15.1. The van der Waals surface area contributed by atoms with Gasteiger partial charge in [-0.1, -0.05) is 42.5 Å². The first-order chi connectivity index (χ1) is 17.7. The van der Waals surface area contributed by atoms with E-state index in [1.807, 2.05) is 6.92 Å². The highest BCUT2D eigenvalue weighted by atomic mass is 16.5. The lowest BCUT2D eigenvalue weighted by Crippen LogP contribution is -2.45. The molecule has 0 unspecified atom stereocenters. The van der Waals surface area contributed by atoms with Gasteiger partial charge in [0.05, 0.1) is 25.4 Å². The zero-order chi connectivity index (χ0) is 26.8. The van der Waals surface area contributed by atoms with Crippen LogP contribution in [0.5, 0.6) is 0 Å². The Hall–Kier alpha value is -2.21. The van der Waals surface area contributed by atoms with Gasteiger partial charge in [-0.15, -0.1) is 0 Å². The van der Waals surface area contributed by atoms with Crippen molar-refractivity contribution >= 4 is 5.97 Å². The van der Waals surface area contributed by atoms with Gasteiger partial charge in [0, 0.05) is 18.5 Å². The highest BCUT2D eigenvalue weighted by Crippen LogP contribution is 2.32. The van der Waals surface area contributed by atoms with Gasteiger partial charge in [-0.2, -0.15) is 0 Å². The van der Waals surface area contributed by atoms with Crippen molar-refractivity contribution in [1.29, 1.82) is 0 Å². The Balaban J connectivity index is 1.43. The maximum atomic E-state index is 11.6. The summed E-state index contributed by atoms with van der Waals surface area (Å²) in [7, 11) is 0. The number of ether oxygens (including phenoxy) is 2. The Labute approximate surface area is 224 Å². The smallest absolute Gasteiger partial charge is 0.305 e. The maximum Gasteiger partial charge on any atom is 0.305 e. The summed E-state index contributed by atoms with van der Waals surface area (Å²) in [4.78, 5) is 11.6. The lowest BCUT2D eigenvalue weighted by Gasteiger charge is -2.31. The van der Waals surface area contributed by atoms with Gasteiger partial charge in [-0.3, -0.25) is 4.79 Å². The highest BCUT2D eigenvalue weighted by molar-refractivity contribution is 5.69.